The highest BCUT2D eigenvalue weighted by Crippen LogP contribution is 2.39. The van der Waals surface area contributed by atoms with Crippen LogP contribution in [0.25, 0.3) is 0 Å². The number of halogens is 14. The molecule has 75 heavy (non-hydrogen) atoms. The number of nitrogens with one attached hydrogen (secondary N) is 3. The molecule has 2 aromatic carbocycles. The molecule has 0 atom stereocenters. The van der Waals surface area contributed by atoms with Gasteiger partial charge in [0.05, 0.1) is 80.0 Å². The summed E-state index contributed by atoms with van der Waals surface area (Å²) in [6.07, 6.45) is -8.74. The van der Waals surface area contributed by atoms with Crippen molar-refractivity contribution in [1.82, 2.24) is 39.5 Å². The number of carboxylic acid groups (broad SMARTS) is 1. The van der Waals surface area contributed by atoms with E-state index in [-0.39, 0.29) is 65.2 Å². The van der Waals surface area contributed by atoms with Crippen LogP contribution < -0.4 is 21.7 Å². The lowest BCUT2D eigenvalue weighted by Crippen LogP contribution is -2.15. The van der Waals surface area contributed by atoms with Crippen LogP contribution in [0.5, 0.6) is 0 Å². The van der Waals surface area contributed by atoms with Crippen molar-refractivity contribution in [2.24, 2.45) is 0 Å². The molecule has 6 heterocycles. The number of carbonyl (C=O) groups excluding carboxylic acids is 1. The number of alkyl halides is 13. The van der Waals surface area contributed by atoms with Gasteiger partial charge in [-0.3, -0.25) is 18.5 Å². The summed E-state index contributed by atoms with van der Waals surface area (Å²) in [7, 11) is -1.00. The van der Waals surface area contributed by atoms with Crippen LogP contribution in [0.3, 0.4) is 0 Å². The van der Waals surface area contributed by atoms with Gasteiger partial charge in [0.25, 0.3) is 5.91 Å². The molecule has 0 fully saturated rings. The largest absolute Gasteiger partial charge is 0.477 e. The predicted molar refractivity (Wildman–Crippen MR) is 255 cm³/mol. The fraction of sp³-hybridized carbons (Fsp3) is 0.182. The fourth-order valence-corrected chi connectivity index (χ4v) is 7.17. The maximum Gasteiger partial charge on any atom is 0.416 e. The molecule has 1 amide bonds. The van der Waals surface area contributed by atoms with Gasteiger partial charge in [0.2, 0.25) is 0 Å². The number of nitrogens with zero attached hydrogens (tertiary/aromatic N) is 8. The second-order valence-electron chi connectivity index (χ2n) is 14.1. The minimum absolute atomic E-state index is 0. The Morgan fingerprint density at radius 1 is 0.640 bits per heavy atom. The lowest BCUT2D eigenvalue weighted by molar-refractivity contribution is -0.145. The number of rotatable bonds is 11. The first kappa shape index (κ1) is 59.7. The fourth-order valence-electron chi connectivity index (χ4n) is 5.79. The summed E-state index contributed by atoms with van der Waals surface area (Å²) >= 11 is 2.13. The zero-order valence-corrected chi connectivity index (χ0v) is 39.2. The first-order valence-corrected chi connectivity index (χ1v) is 21.4. The van der Waals surface area contributed by atoms with E-state index in [1.54, 1.807) is 42.7 Å². The molecular formula is C44H38ClF13N12O3S2. The highest BCUT2D eigenvalue weighted by Gasteiger charge is 2.39. The van der Waals surface area contributed by atoms with E-state index in [0.29, 0.717) is 34.0 Å². The van der Waals surface area contributed by atoms with Gasteiger partial charge in [0, 0.05) is 24.8 Å². The van der Waals surface area contributed by atoms with Gasteiger partial charge in [0.1, 0.15) is 21.4 Å². The Balaban J connectivity index is 0.000000315. The number of benzene rings is 2. The van der Waals surface area contributed by atoms with Crippen LogP contribution in [0.4, 0.5) is 90.3 Å². The van der Waals surface area contributed by atoms with E-state index in [0.717, 1.165) is 44.2 Å². The number of pyridine rings is 2. The second kappa shape index (κ2) is 26.4. The molecule has 15 nitrogen and oxygen atoms in total. The molecule has 0 aliphatic rings. The number of carboxylic acids is 1. The lowest BCUT2D eigenvalue weighted by atomic mass is 10.0. The van der Waals surface area contributed by atoms with Crippen LogP contribution in [0.1, 0.15) is 61.5 Å². The van der Waals surface area contributed by atoms with Crippen molar-refractivity contribution in [3.8, 4) is 0 Å². The minimum atomic E-state index is -4.99. The van der Waals surface area contributed by atoms with E-state index in [1.165, 1.54) is 37.2 Å². The van der Waals surface area contributed by atoms with Crippen LogP contribution in [0.15, 0.2) is 122 Å². The number of carbonyl (C=O) groups is 2. The van der Waals surface area contributed by atoms with Crippen LogP contribution >= 0.6 is 35.1 Å². The van der Waals surface area contributed by atoms with Crippen molar-refractivity contribution in [1.29, 1.82) is 0 Å². The van der Waals surface area contributed by atoms with E-state index < -0.39 is 78.1 Å². The maximum absolute atomic E-state index is 13.4. The number of aromatic carboxylic acids is 1. The van der Waals surface area contributed by atoms with Crippen LogP contribution in [0.2, 0.25) is 0 Å². The number of amides is 1. The normalized spacial score (nSPS) is 11.3. The highest BCUT2D eigenvalue weighted by molar-refractivity contribution is 7.17. The van der Waals surface area contributed by atoms with Crippen molar-refractivity contribution < 1.29 is 73.1 Å². The van der Waals surface area contributed by atoms with E-state index >= 15 is 0 Å². The lowest BCUT2D eigenvalue weighted by Gasteiger charge is -2.16. The molecule has 0 saturated heterocycles. The SMILES string of the molecule is C.Cl.Nc1cnn(Cc2ccc(C(F)(F)F)cc2C(F)(F)F)c1.O=C(Nc1cnn(Cc2ccc(C(F)(F)F)cc2C(F)(F)F)c1)c1cnc(Nc2ccccn2)s1.O=C(O)c1cnc(Nc2ccccn2)s1.[2H]CF. The molecule has 0 radical (unpaired) electrons. The average Bonchev–Trinajstić information content (AvgIpc) is 4.17. The van der Waals surface area contributed by atoms with Gasteiger partial charge < -0.3 is 26.8 Å². The Morgan fingerprint density at radius 2 is 1.08 bits per heavy atom. The van der Waals surface area contributed by atoms with Crippen LogP contribution in [-0.4, -0.2) is 63.6 Å². The topological polar surface area (TPSA) is 204 Å². The second-order valence-corrected chi connectivity index (χ2v) is 16.2. The van der Waals surface area contributed by atoms with E-state index in [4.69, 9.17) is 12.2 Å². The molecule has 6 N–H and O–H groups in total. The van der Waals surface area contributed by atoms with Gasteiger partial charge in [-0.25, -0.2) is 24.7 Å². The van der Waals surface area contributed by atoms with Crippen molar-refractivity contribution in [2.75, 3.05) is 28.8 Å². The van der Waals surface area contributed by atoms with Crippen molar-refractivity contribution in [3.63, 3.8) is 0 Å². The van der Waals surface area contributed by atoms with E-state index in [1.807, 2.05) is 6.07 Å². The Bertz CT molecular complexity index is 3100. The van der Waals surface area contributed by atoms with Gasteiger partial charge in [-0.1, -0.05) is 54.4 Å². The molecule has 0 aliphatic heterocycles. The molecule has 0 bridgehead atoms. The highest BCUT2D eigenvalue weighted by atomic mass is 35.5. The molecular weight excluding hydrogens is 1090 g/mol. The Labute approximate surface area is 431 Å². The van der Waals surface area contributed by atoms with Gasteiger partial charge in [-0.05, 0) is 59.7 Å². The monoisotopic (exact) mass is 1130 g/mol. The van der Waals surface area contributed by atoms with Crippen molar-refractivity contribution >= 4 is 80.2 Å². The summed E-state index contributed by atoms with van der Waals surface area (Å²) < 4.78 is 173. The summed E-state index contributed by atoms with van der Waals surface area (Å²) in [5.41, 5.74) is -0.413. The molecule has 8 rings (SSSR count). The number of nitrogens with two attached hydrogens (primary N) is 1. The number of hydrogen-bond acceptors (Lipinski definition) is 13. The Morgan fingerprint density at radius 3 is 1.47 bits per heavy atom. The summed E-state index contributed by atoms with van der Waals surface area (Å²) in [5, 5.41) is 25.6. The predicted octanol–water partition coefficient (Wildman–Crippen LogP) is 13.0. The average molecular weight is 1130 g/mol. The number of thiazole rings is 2. The quantitative estimate of drug-likeness (QED) is 0.0768. The number of hydrogen-bond donors (Lipinski definition) is 5. The van der Waals surface area contributed by atoms with Gasteiger partial charge in [0.15, 0.2) is 10.3 Å². The number of aromatic nitrogens is 8. The molecule has 0 saturated carbocycles. The van der Waals surface area contributed by atoms with Gasteiger partial charge in [-0.2, -0.15) is 62.9 Å². The molecule has 8 aromatic rings. The first-order valence-electron chi connectivity index (χ1n) is 20.5. The summed E-state index contributed by atoms with van der Waals surface area (Å²) in [6.45, 7) is -0.786. The van der Waals surface area contributed by atoms with Gasteiger partial charge >= 0.3 is 30.7 Å². The summed E-state index contributed by atoms with van der Waals surface area (Å²) in [5.74, 6) is -0.316. The van der Waals surface area contributed by atoms with Crippen LogP contribution in [0, 0.1) is 0 Å². The molecule has 0 spiro atoms. The first-order chi connectivity index (χ1) is 34.7. The number of nitrogen functional groups attached to an aromatic ring is 1. The van der Waals surface area contributed by atoms with Crippen molar-refractivity contribution in [2.45, 2.75) is 45.2 Å². The van der Waals surface area contributed by atoms with E-state index in [2.05, 4.69) is 46.1 Å². The third-order valence-corrected chi connectivity index (χ3v) is 10.8. The van der Waals surface area contributed by atoms with Gasteiger partial charge in [-0.15, -0.1) is 12.4 Å². The molecule has 0 aliphatic carbocycles. The minimum Gasteiger partial charge on any atom is -0.477 e. The smallest absolute Gasteiger partial charge is 0.416 e. The van der Waals surface area contributed by atoms with E-state index in [9.17, 15) is 66.7 Å². The zero-order valence-electron chi connectivity index (χ0n) is 37.7. The third-order valence-electron chi connectivity index (χ3n) is 8.94. The van der Waals surface area contributed by atoms with Crippen LogP contribution in [-0.2, 0) is 37.8 Å². The summed E-state index contributed by atoms with van der Waals surface area (Å²) in [4.78, 5) is 39.7. The Hall–Kier alpha value is -7.86. The molecule has 31 heteroatoms. The Kier molecular flexibility index (Phi) is 21.0. The summed E-state index contributed by atoms with van der Waals surface area (Å²) in [6, 6.07) is 13.6. The molecule has 402 valence electrons. The van der Waals surface area contributed by atoms with Crippen molar-refractivity contribution in [3.05, 3.63) is 166 Å². The maximum atomic E-state index is 13.4. The molecule has 6 aromatic heterocycles. The third kappa shape index (κ3) is 18.2. The zero-order chi connectivity index (χ0) is 54.4. The standard InChI is InChI=1S/C21H14F6N6OS.C12H9F6N3.C9H7N3O2S.CH3F.CH4.ClH/c22-20(23,24)13-5-4-12(15(7-13)21(25,26)27)10-33-11-14(8-30-33)31-18(34)16-9-29-19(35-16)32-17-3-1-2-6-28-17;13-11(14,15)8-2-1-7(10(3-8)12(16,17)18)5-21-6-9(19)4-20-21;13-8(14)6-5-11-9(15-6)12-7-3-1-2-4-10-7;1-2;;/h1-9,11H,10H2,(H,31,34)(H,28,29,32);1-4,6H,5,19H2;1-5H,(H,13,14)(H,10,11,12);1H3;1H4;1H/i;;;1D;;. The molecule has 0 unspecified atom stereocenters. The number of anilines is 6.